The van der Waals surface area contributed by atoms with E-state index in [2.05, 4.69) is 0 Å². The lowest BCUT2D eigenvalue weighted by Gasteiger charge is -2.25. The maximum absolute atomic E-state index is 11.5. The topological polar surface area (TPSA) is 71.4 Å². The third kappa shape index (κ3) is 3.38. The van der Waals surface area contributed by atoms with Crippen LogP contribution in [0.5, 0.6) is 0 Å². The van der Waals surface area contributed by atoms with Gasteiger partial charge in [0.1, 0.15) is 5.78 Å². The first-order chi connectivity index (χ1) is 6.42. The zero-order chi connectivity index (χ0) is 10.8. The first kappa shape index (κ1) is 11.7. The van der Waals surface area contributed by atoms with Crippen LogP contribution < -0.4 is 0 Å². The number of hydrogen-bond donors (Lipinski definition) is 1. The Balaban J connectivity index is 2.55. The molecule has 0 radical (unpaired) electrons. The Kier molecular flexibility index (Phi) is 3.66. The van der Waals surface area contributed by atoms with E-state index in [1.165, 1.54) is 0 Å². The van der Waals surface area contributed by atoms with Crippen LogP contribution in [0.4, 0.5) is 0 Å². The van der Waals surface area contributed by atoms with E-state index in [1.54, 1.807) is 0 Å². The van der Waals surface area contributed by atoms with Gasteiger partial charge in [0.2, 0.25) is 0 Å². The quantitative estimate of drug-likeness (QED) is 0.727. The van der Waals surface area contributed by atoms with Gasteiger partial charge in [0.05, 0.1) is 5.75 Å². The van der Waals surface area contributed by atoms with Gasteiger partial charge in [-0.2, -0.15) is 8.42 Å². The normalized spacial score (nSPS) is 29.1. The number of Topliss-reactive ketones (excluding diaryl/α,β-unsaturated/α-hetero) is 1. The Bertz CT molecular complexity index is 307. The van der Waals surface area contributed by atoms with Crippen molar-refractivity contribution in [1.82, 2.24) is 0 Å². The minimum absolute atomic E-state index is 0.0132. The summed E-state index contributed by atoms with van der Waals surface area (Å²) < 4.78 is 29.8. The van der Waals surface area contributed by atoms with E-state index in [0.29, 0.717) is 18.8 Å². The van der Waals surface area contributed by atoms with Crippen molar-refractivity contribution in [2.24, 2.45) is 11.8 Å². The van der Waals surface area contributed by atoms with Gasteiger partial charge in [-0.05, 0) is 18.8 Å². The molecule has 2 unspecified atom stereocenters. The van der Waals surface area contributed by atoms with E-state index >= 15 is 0 Å². The van der Waals surface area contributed by atoms with Gasteiger partial charge >= 0.3 is 0 Å². The molecular weight excluding hydrogens is 204 g/mol. The van der Waals surface area contributed by atoms with Crippen LogP contribution in [-0.4, -0.2) is 24.5 Å². The summed E-state index contributed by atoms with van der Waals surface area (Å²) in [5.41, 5.74) is 0. The molecule has 1 fully saturated rings. The molecule has 4 nitrogen and oxygen atoms in total. The number of hydrogen-bond acceptors (Lipinski definition) is 3. The van der Waals surface area contributed by atoms with Crippen molar-refractivity contribution in [2.75, 3.05) is 5.75 Å². The Morgan fingerprint density at radius 1 is 1.43 bits per heavy atom. The maximum atomic E-state index is 11.5. The average Bonchev–Trinajstić information content (AvgIpc) is 2.06. The molecule has 0 amide bonds. The zero-order valence-electron chi connectivity index (χ0n) is 8.27. The summed E-state index contributed by atoms with van der Waals surface area (Å²) in [5, 5.41) is 0. The summed E-state index contributed by atoms with van der Waals surface area (Å²) in [6, 6.07) is 0. The predicted octanol–water partition coefficient (Wildman–Crippen LogP) is 1.27. The van der Waals surface area contributed by atoms with Gasteiger partial charge in [0.15, 0.2) is 0 Å². The highest BCUT2D eigenvalue weighted by Crippen LogP contribution is 2.28. The SMILES string of the molecule is CCC1CCC(CS(=O)(=O)O)C(=O)C1. The molecule has 1 saturated carbocycles. The van der Waals surface area contributed by atoms with Crippen LogP contribution in [-0.2, 0) is 14.9 Å². The van der Waals surface area contributed by atoms with Crippen molar-refractivity contribution in [3.05, 3.63) is 0 Å². The van der Waals surface area contributed by atoms with Gasteiger partial charge in [0, 0.05) is 12.3 Å². The fraction of sp³-hybridized carbons (Fsp3) is 0.889. The molecule has 1 aliphatic carbocycles. The first-order valence-electron chi connectivity index (χ1n) is 4.90. The van der Waals surface area contributed by atoms with E-state index in [9.17, 15) is 13.2 Å². The highest BCUT2D eigenvalue weighted by molar-refractivity contribution is 7.85. The molecule has 14 heavy (non-hydrogen) atoms. The lowest BCUT2D eigenvalue weighted by molar-refractivity contribution is -0.125. The van der Waals surface area contributed by atoms with Crippen LogP contribution in [0.2, 0.25) is 0 Å². The van der Waals surface area contributed by atoms with Crippen LogP contribution in [0.25, 0.3) is 0 Å². The summed E-state index contributed by atoms with van der Waals surface area (Å²) in [6.07, 6.45) is 2.92. The lowest BCUT2D eigenvalue weighted by Crippen LogP contribution is -2.30. The van der Waals surface area contributed by atoms with Crippen LogP contribution in [0.3, 0.4) is 0 Å². The molecular formula is C9H16O4S. The standard InChI is InChI=1S/C9H16O4S/c1-2-7-3-4-8(9(10)5-7)6-14(11,12)13/h7-8H,2-6H2,1H3,(H,11,12,13). The summed E-state index contributed by atoms with van der Waals surface area (Å²) in [5.74, 6) is -0.490. The maximum Gasteiger partial charge on any atom is 0.265 e. The van der Waals surface area contributed by atoms with Crippen molar-refractivity contribution in [1.29, 1.82) is 0 Å². The fourth-order valence-electron chi connectivity index (χ4n) is 1.93. The predicted molar refractivity (Wildman–Crippen MR) is 52.5 cm³/mol. The molecule has 0 heterocycles. The Labute approximate surface area is 84.4 Å². The van der Waals surface area contributed by atoms with Gasteiger partial charge in [-0.25, -0.2) is 0 Å². The van der Waals surface area contributed by atoms with Crippen LogP contribution in [0.1, 0.15) is 32.6 Å². The smallest absolute Gasteiger partial charge is 0.265 e. The van der Waals surface area contributed by atoms with Crippen LogP contribution in [0.15, 0.2) is 0 Å². The minimum Gasteiger partial charge on any atom is -0.299 e. The van der Waals surface area contributed by atoms with Crippen LogP contribution in [0, 0.1) is 11.8 Å². The first-order valence-corrected chi connectivity index (χ1v) is 6.51. The average molecular weight is 220 g/mol. The van der Waals surface area contributed by atoms with Gasteiger partial charge in [0.25, 0.3) is 10.1 Å². The van der Waals surface area contributed by atoms with E-state index in [1.807, 2.05) is 6.92 Å². The number of rotatable bonds is 3. The second-order valence-electron chi connectivity index (χ2n) is 3.97. The van der Waals surface area contributed by atoms with E-state index in [0.717, 1.165) is 12.8 Å². The van der Waals surface area contributed by atoms with Gasteiger partial charge in [-0.15, -0.1) is 0 Å². The van der Waals surface area contributed by atoms with Gasteiger partial charge in [-0.1, -0.05) is 13.3 Å². The summed E-state index contributed by atoms with van der Waals surface area (Å²) >= 11 is 0. The second-order valence-corrected chi connectivity index (χ2v) is 5.46. The molecule has 0 aromatic heterocycles. The van der Waals surface area contributed by atoms with Crippen molar-refractivity contribution in [3.63, 3.8) is 0 Å². The summed E-state index contributed by atoms with van der Waals surface area (Å²) in [6.45, 7) is 2.03. The lowest BCUT2D eigenvalue weighted by atomic mass is 9.81. The molecule has 1 N–H and O–H groups in total. The number of carbonyl (C=O) groups excluding carboxylic acids is 1. The Hall–Kier alpha value is -0.420. The van der Waals surface area contributed by atoms with Crippen LogP contribution >= 0.6 is 0 Å². The molecule has 0 aromatic rings. The highest BCUT2D eigenvalue weighted by atomic mass is 32.2. The van der Waals surface area contributed by atoms with E-state index in [4.69, 9.17) is 4.55 Å². The molecule has 0 bridgehead atoms. The molecule has 2 atom stereocenters. The van der Waals surface area contributed by atoms with Crippen molar-refractivity contribution < 1.29 is 17.8 Å². The molecule has 0 saturated heterocycles. The largest absolute Gasteiger partial charge is 0.299 e. The molecule has 0 aliphatic heterocycles. The second kappa shape index (κ2) is 4.40. The summed E-state index contributed by atoms with van der Waals surface area (Å²) in [4.78, 5) is 11.5. The zero-order valence-corrected chi connectivity index (χ0v) is 9.09. The van der Waals surface area contributed by atoms with E-state index < -0.39 is 21.8 Å². The van der Waals surface area contributed by atoms with Crippen molar-refractivity contribution >= 4 is 15.9 Å². The molecule has 0 aromatic carbocycles. The van der Waals surface area contributed by atoms with Crippen molar-refractivity contribution in [3.8, 4) is 0 Å². The summed E-state index contributed by atoms with van der Waals surface area (Å²) in [7, 11) is -4.00. The Morgan fingerprint density at radius 3 is 2.50 bits per heavy atom. The minimum atomic E-state index is -4.00. The monoisotopic (exact) mass is 220 g/mol. The highest BCUT2D eigenvalue weighted by Gasteiger charge is 2.30. The van der Waals surface area contributed by atoms with Gasteiger partial charge in [-0.3, -0.25) is 9.35 Å². The molecule has 5 heteroatoms. The third-order valence-corrected chi connectivity index (χ3v) is 3.68. The molecule has 0 spiro atoms. The Morgan fingerprint density at radius 2 is 2.07 bits per heavy atom. The number of ketones is 1. The van der Waals surface area contributed by atoms with E-state index in [-0.39, 0.29) is 5.78 Å². The molecule has 82 valence electrons. The molecule has 1 rings (SSSR count). The fourth-order valence-corrected chi connectivity index (χ4v) is 2.79. The number of carbonyl (C=O) groups is 1. The van der Waals surface area contributed by atoms with Crippen molar-refractivity contribution in [2.45, 2.75) is 32.6 Å². The third-order valence-electron chi connectivity index (χ3n) is 2.86. The van der Waals surface area contributed by atoms with Gasteiger partial charge < -0.3 is 0 Å². The molecule has 1 aliphatic rings.